The van der Waals surface area contributed by atoms with Crippen LogP contribution in [0.2, 0.25) is 0 Å². The van der Waals surface area contributed by atoms with Crippen LogP contribution in [-0.4, -0.2) is 20.4 Å². The Morgan fingerprint density at radius 2 is 2.05 bits per heavy atom. The number of nitrogens with one attached hydrogen (secondary N) is 1. The predicted octanol–water partition coefficient (Wildman–Crippen LogP) is 3.21. The van der Waals surface area contributed by atoms with Crippen LogP contribution in [0, 0.1) is 6.92 Å². The van der Waals surface area contributed by atoms with Crippen molar-refractivity contribution in [3.8, 4) is 0 Å². The number of rotatable bonds is 4. The Hall–Kier alpha value is -0.590. The second kappa shape index (κ2) is 6.24. The van der Waals surface area contributed by atoms with Gasteiger partial charge in [-0.2, -0.15) is 0 Å². The van der Waals surface area contributed by atoms with E-state index >= 15 is 0 Å². The third-order valence-electron chi connectivity index (χ3n) is 2.82. The summed E-state index contributed by atoms with van der Waals surface area (Å²) >= 11 is 3.19. The first kappa shape index (κ1) is 16.5. The quantitative estimate of drug-likeness (QED) is 0.830. The average molecular weight is 369 g/mol. The SMILES string of the molecule is CCC(C)NC(=O)c1cc(Br)cc(S(=O)(=O)Cl)c1C. The average Bonchev–Trinajstić information content (AvgIpc) is 2.29. The fraction of sp³-hybridized carbons (Fsp3) is 0.417. The van der Waals surface area contributed by atoms with Gasteiger partial charge in [0.15, 0.2) is 0 Å². The molecule has 0 bridgehead atoms. The Bertz CT molecular complexity index is 601. The summed E-state index contributed by atoms with van der Waals surface area (Å²) in [4.78, 5) is 12.0. The van der Waals surface area contributed by atoms with Crippen LogP contribution in [0.4, 0.5) is 0 Å². The standard InChI is InChI=1S/C12H15BrClNO3S/c1-4-7(2)15-12(16)10-5-9(13)6-11(8(10)3)19(14,17)18/h5-7H,4H2,1-3H3,(H,15,16). The zero-order valence-corrected chi connectivity index (χ0v) is 14.0. The minimum absolute atomic E-state index is 0.0157. The van der Waals surface area contributed by atoms with E-state index in [1.807, 2.05) is 13.8 Å². The normalized spacial score (nSPS) is 13.1. The number of benzene rings is 1. The van der Waals surface area contributed by atoms with E-state index in [1.54, 1.807) is 13.0 Å². The van der Waals surface area contributed by atoms with E-state index in [0.717, 1.165) is 6.42 Å². The van der Waals surface area contributed by atoms with Crippen molar-refractivity contribution < 1.29 is 13.2 Å². The zero-order valence-electron chi connectivity index (χ0n) is 10.8. The van der Waals surface area contributed by atoms with E-state index in [4.69, 9.17) is 10.7 Å². The lowest BCUT2D eigenvalue weighted by atomic mass is 10.1. The molecule has 0 fully saturated rings. The van der Waals surface area contributed by atoms with Crippen LogP contribution < -0.4 is 5.32 Å². The summed E-state index contributed by atoms with van der Waals surface area (Å²) in [6.07, 6.45) is 0.791. The van der Waals surface area contributed by atoms with Gasteiger partial charge in [-0.1, -0.05) is 22.9 Å². The summed E-state index contributed by atoms with van der Waals surface area (Å²) in [7, 11) is 1.48. The molecular formula is C12H15BrClNO3S. The molecule has 19 heavy (non-hydrogen) atoms. The van der Waals surface area contributed by atoms with Crippen molar-refractivity contribution in [1.29, 1.82) is 0 Å². The van der Waals surface area contributed by atoms with E-state index in [0.29, 0.717) is 15.6 Å². The number of carbonyl (C=O) groups excluding carboxylic acids is 1. The highest BCUT2D eigenvalue weighted by molar-refractivity contribution is 9.10. The van der Waals surface area contributed by atoms with Crippen molar-refractivity contribution >= 4 is 41.6 Å². The maximum absolute atomic E-state index is 12.1. The van der Waals surface area contributed by atoms with E-state index in [-0.39, 0.29) is 16.8 Å². The van der Waals surface area contributed by atoms with Gasteiger partial charge < -0.3 is 5.32 Å². The lowest BCUT2D eigenvalue weighted by molar-refractivity contribution is 0.0938. The maximum atomic E-state index is 12.1. The van der Waals surface area contributed by atoms with Crippen molar-refractivity contribution in [2.24, 2.45) is 0 Å². The van der Waals surface area contributed by atoms with Crippen molar-refractivity contribution in [3.05, 3.63) is 27.7 Å². The molecule has 7 heteroatoms. The number of hydrogen-bond donors (Lipinski definition) is 1. The van der Waals surface area contributed by atoms with Crippen LogP contribution in [0.5, 0.6) is 0 Å². The minimum Gasteiger partial charge on any atom is -0.350 e. The highest BCUT2D eigenvalue weighted by Crippen LogP contribution is 2.27. The molecule has 0 saturated carbocycles. The Balaban J connectivity index is 3.30. The molecule has 4 nitrogen and oxygen atoms in total. The Kier molecular flexibility index (Phi) is 5.41. The molecule has 0 aliphatic rings. The Morgan fingerprint density at radius 3 is 2.53 bits per heavy atom. The van der Waals surface area contributed by atoms with Crippen molar-refractivity contribution in [2.45, 2.75) is 38.1 Å². The molecule has 0 aliphatic carbocycles. The summed E-state index contributed by atoms with van der Waals surface area (Å²) in [6, 6.07) is 2.98. The molecule has 1 rings (SSSR count). The first-order valence-corrected chi connectivity index (χ1v) is 8.82. The Labute approximate surface area is 126 Å². The number of amides is 1. The summed E-state index contributed by atoms with van der Waals surface area (Å²) < 4.78 is 23.4. The van der Waals surface area contributed by atoms with Crippen molar-refractivity contribution in [2.75, 3.05) is 0 Å². The monoisotopic (exact) mass is 367 g/mol. The molecule has 1 unspecified atom stereocenters. The fourth-order valence-corrected chi connectivity index (χ4v) is 3.38. The minimum atomic E-state index is -3.88. The van der Waals surface area contributed by atoms with Gasteiger partial charge in [-0.05, 0) is 38.0 Å². The molecular weight excluding hydrogens is 354 g/mol. The second-order valence-electron chi connectivity index (χ2n) is 4.30. The molecule has 0 spiro atoms. The molecule has 0 saturated heterocycles. The molecule has 1 aromatic carbocycles. The van der Waals surface area contributed by atoms with Crippen LogP contribution in [0.15, 0.2) is 21.5 Å². The van der Waals surface area contributed by atoms with Crippen LogP contribution >= 0.6 is 26.6 Å². The zero-order chi connectivity index (χ0) is 14.8. The van der Waals surface area contributed by atoms with Crippen LogP contribution in [0.1, 0.15) is 36.2 Å². The highest BCUT2D eigenvalue weighted by Gasteiger charge is 2.21. The van der Waals surface area contributed by atoms with Gasteiger partial charge in [0.05, 0.1) is 4.90 Å². The summed E-state index contributed by atoms with van der Waals surface area (Å²) in [5.41, 5.74) is 0.646. The van der Waals surface area contributed by atoms with E-state index in [9.17, 15) is 13.2 Å². The largest absolute Gasteiger partial charge is 0.350 e. The van der Waals surface area contributed by atoms with E-state index in [1.165, 1.54) is 6.07 Å². The predicted molar refractivity (Wildman–Crippen MR) is 79.1 cm³/mol. The molecule has 106 valence electrons. The van der Waals surface area contributed by atoms with E-state index < -0.39 is 9.05 Å². The van der Waals surface area contributed by atoms with Gasteiger partial charge in [0.25, 0.3) is 15.0 Å². The van der Waals surface area contributed by atoms with Gasteiger partial charge in [-0.25, -0.2) is 8.42 Å². The Morgan fingerprint density at radius 1 is 1.47 bits per heavy atom. The summed E-state index contributed by atoms with van der Waals surface area (Å²) in [6.45, 7) is 5.39. The highest BCUT2D eigenvalue weighted by atomic mass is 79.9. The van der Waals surface area contributed by atoms with Gasteiger partial charge in [-0.15, -0.1) is 0 Å². The fourth-order valence-electron chi connectivity index (χ4n) is 1.55. The lowest BCUT2D eigenvalue weighted by Crippen LogP contribution is -2.32. The summed E-state index contributed by atoms with van der Waals surface area (Å²) in [5.74, 6) is -0.310. The van der Waals surface area contributed by atoms with Gasteiger partial charge in [-0.3, -0.25) is 4.79 Å². The molecule has 1 N–H and O–H groups in total. The topological polar surface area (TPSA) is 63.2 Å². The first-order chi connectivity index (χ1) is 8.66. The van der Waals surface area contributed by atoms with E-state index in [2.05, 4.69) is 21.2 Å². The van der Waals surface area contributed by atoms with Crippen LogP contribution in [-0.2, 0) is 9.05 Å². The van der Waals surface area contributed by atoms with Crippen LogP contribution in [0.3, 0.4) is 0 Å². The smallest absolute Gasteiger partial charge is 0.261 e. The number of hydrogen-bond acceptors (Lipinski definition) is 3. The molecule has 0 aliphatic heterocycles. The third kappa shape index (κ3) is 4.19. The van der Waals surface area contributed by atoms with Crippen LogP contribution in [0.25, 0.3) is 0 Å². The molecule has 1 aromatic rings. The lowest BCUT2D eigenvalue weighted by Gasteiger charge is -2.14. The number of carbonyl (C=O) groups is 1. The summed E-state index contributed by atoms with van der Waals surface area (Å²) in [5, 5.41) is 2.79. The van der Waals surface area contributed by atoms with Crippen molar-refractivity contribution in [1.82, 2.24) is 5.32 Å². The van der Waals surface area contributed by atoms with Gasteiger partial charge >= 0.3 is 0 Å². The molecule has 0 radical (unpaired) electrons. The molecule has 1 atom stereocenters. The van der Waals surface area contributed by atoms with Gasteiger partial charge in [0.2, 0.25) is 0 Å². The molecule has 1 amide bonds. The first-order valence-electron chi connectivity index (χ1n) is 5.72. The van der Waals surface area contributed by atoms with Crippen molar-refractivity contribution in [3.63, 3.8) is 0 Å². The molecule has 0 heterocycles. The van der Waals surface area contributed by atoms with Gasteiger partial charge in [0.1, 0.15) is 0 Å². The second-order valence-corrected chi connectivity index (χ2v) is 7.75. The molecule has 0 aromatic heterocycles. The number of halogens is 2. The third-order valence-corrected chi connectivity index (χ3v) is 4.73. The maximum Gasteiger partial charge on any atom is 0.261 e. The van der Waals surface area contributed by atoms with Gasteiger partial charge in [0, 0.05) is 26.8 Å².